The van der Waals surface area contributed by atoms with E-state index in [2.05, 4.69) is 6.92 Å². The molecule has 4 heteroatoms. The maximum atomic E-state index is 12.9. The molecular formula is C20H28O3S. The molecule has 24 heavy (non-hydrogen) atoms. The lowest BCUT2D eigenvalue weighted by Crippen LogP contribution is -2.19. The largest absolute Gasteiger partial charge is 0.297 e. The second-order valence-electron chi connectivity index (χ2n) is 7.25. The van der Waals surface area contributed by atoms with Crippen molar-refractivity contribution in [2.24, 2.45) is 0 Å². The molecule has 0 aliphatic rings. The first-order valence-corrected chi connectivity index (χ1v) is 10.1. The third-order valence-corrected chi connectivity index (χ3v) is 5.59. The molecule has 0 unspecified atom stereocenters. The average molecular weight is 349 g/mol. The van der Waals surface area contributed by atoms with Crippen molar-refractivity contribution in [3.63, 3.8) is 0 Å². The number of unbranched alkanes of at least 4 members (excludes halogenated alkanes) is 3. The highest BCUT2D eigenvalue weighted by Gasteiger charge is 2.28. The molecule has 0 N–H and O–H groups in total. The Morgan fingerprint density at radius 1 is 0.958 bits per heavy atom. The van der Waals surface area contributed by atoms with Gasteiger partial charge in [0.05, 0.1) is 6.61 Å². The van der Waals surface area contributed by atoms with E-state index in [0.29, 0.717) is 4.90 Å². The van der Waals surface area contributed by atoms with Crippen molar-refractivity contribution in [1.29, 1.82) is 0 Å². The first-order chi connectivity index (χ1) is 11.3. The van der Waals surface area contributed by atoms with Crippen molar-refractivity contribution in [2.45, 2.75) is 63.7 Å². The molecule has 0 heterocycles. The Hall–Kier alpha value is -1.39. The molecule has 0 amide bonds. The molecule has 0 aliphatic heterocycles. The van der Waals surface area contributed by atoms with Gasteiger partial charge in [0.15, 0.2) is 0 Å². The summed E-state index contributed by atoms with van der Waals surface area (Å²) < 4.78 is 31.2. The van der Waals surface area contributed by atoms with E-state index in [1.807, 2.05) is 57.2 Å². The van der Waals surface area contributed by atoms with Gasteiger partial charge in [-0.3, -0.25) is 4.18 Å². The van der Waals surface area contributed by atoms with Gasteiger partial charge in [-0.25, -0.2) is 0 Å². The molecule has 2 aromatic carbocycles. The van der Waals surface area contributed by atoms with Gasteiger partial charge in [-0.1, -0.05) is 83.4 Å². The molecule has 2 rings (SSSR count). The molecule has 0 saturated carbocycles. The number of fused-ring (bicyclic) bond motifs is 1. The van der Waals surface area contributed by atoms with Gasteiger partial charge in [0.1, 0.15) is 4.90 Å². The summed E-state index contributed by atoms with van der Waals surface area (Å²) in [6.07, 6.45) is 3.98. The minimum atomic E-state index is -3.79. The van der Waals surface area contributed by atoms with E-state index in [1.165, 1.54) is 0 Å². The third kappa shape index (κ3) is 4.37. The first kappa shape index (κ1) is 18.9. The van der Waals surface area contributed by atoms with Gasteiger partial charge in [-0.15, -0.1) is 0 Å². The Kier molecular flexibility index (Phi) is 6.05. The summed E-state index contributed by atoms with van der Waals surface area (Å²) in [5, 5.41) is 1.65. The van der Waals surface area contributed by atoms with Crippen LogP contribution in [-0.2, 0) is 19.7 Å². The molecule has 0 spiro atoms. The highest BCUT2D eigenvalue weighted by Crippen LogP contribution is 2.35. The molecule has 0 aromatic heterocycles. The summed E-state index contributed by atoms with van der Waals surface area (Å²) in [4.78, 5) is 0.323. The van der Waals surface area contributed by atoms with Crippen molar-refractivity contribution in [3.8, 4) is 0 Å². The van der Waals surface area contributed by atoms with Crippen LogP contribution in [0.4, 0.5) is 0 Å². The Balaban J connectivity index is 2.44. The van der Waals surface area contributed by atoms with Crippen molar-refractivity contribution in [2.75, 3.05) is 6.61 Å². The molecule has 0 fully saturated rings. The monoisotopic (exact) mass is 348 g/mol. The number of hydrogen-bond donors (Lipinski definition) is 0. The average Bonchev–Trinajstić information content (AvgIpc) is 2.52. The quantitative estimate of drug-likeness (QED) is 0.495. The smallest absolute Gasteiger partial charge is 0.266 e. The second-order valence-corrected chi connectivity index (χ2v) is 8.80. The maximum Gasteiger partial charge on any atom is 0.297 e. The zero-order valence-corrected chi connectivity index (χ0v) is 15.9. The minimum Gasteiger partial charge on any atom is -0.266 e. The van der Waals surface area contributed by atoms with Crippen LogP contribution in [0, 0.1) is 0 Å². The Morgan fingerprint density at radius 2 is 1.67 bits per heavy atom. The van der Waals surface area contributed by atoms with E-state index in [4.69, 9.17) is 4.18 Å². The van der Waals surface area contributed by atoms with Crippen molar-refractivity contribution in [1.82, 2.24) is 0 Å². The summed E-state index contributed by atoms with van der Waals surface area (Å²) in [6, 6.07) is 11.5. The number of rotatable bonds is 7. The van der Waals surface area contributed by atoms with E-state index in [1.54, 1.807) is 0 Å². The van der Waals surface area contributed by atoms with Gasteiger partial charge >= 0.3 is 0 Å². The third-order valence-electron chi connectivity index (χ3n) is 4.17. The SMILES string of the molecule is CCCCCCOS(=O)(=O)c1c(C(C)(C)C)ccc2ccccc12. The van der Waals surface area contributed by atoms with Crippen molar-refractivity contribution >= 4 is 20.9 Å². The lowest BCUT2D eigenvalue weighted by Gasteiger charge is -2.24. The Bertz CT molecular complexity index is 786. The molecule has 0 aliphatic carbocycles. The van der Waals surface area contributed by atoms with Crippen LogP contribution in [0.2, 0.25) is 0 Å². The van der Waals surface area contributed by atoms with E-state index < -0.39 is 10.1 Å². The fourth-order valence-electron chi connectivity index (χ4n) is 2.86. The van der Waals surface area contributed by atoms with Crippen molar-refractivity contribution < 1.29 is 12.6 Å². The standard InChI is InChI=1S/C20H28O3S/c1-5-6-7-10-15-23-24(21,22)19-17-12-9-8-11-16(17)13-14-18(19)20(2,3)4/h8-9,11-14H,5-7,10,15H2,1-4H3. The van der Waals surface area contributed by atoms with Gasteiger partial charge in [0, 0.05) is 5.39 Å². The van der Waals surface area contributed by atoms with Crippen LogP contribution in [0.1, 0.15) is 58.9 Å². The molecule has 2 aromatic rings. The van der Waals surface area contributed by atoms with Gasteiger partial charge in [0.2, 0.25) is 0 Å². The summed E-state index contributed by atoms with van der Waals surface area (Å²) >= 11 is 0. The number of benzene rings is 2. The molecular weight excluding hydrogens is 320 g/mol. The molecule has 0 atom stereocenters. The fraction of sp³-hybridized carbons (Fsp3) is 0.500. The topological polar surface area (TPSA) is 43.4 Å². The summed E-state index contributed by atoms with van der Waals surface area (Å²) in [5.41, 5.74) is 0.521. The fourth-order valence-corrected chi connectivity index (χ4v) is 4.41. The van der Waals surface area contributed by atoms with Crippen LogP contribution >= 0.6 is 0 Å². The van der Waals surface area contributed by atoms with Crippen molar-refractivity contribution in [3.05, 3.63) is 42.0 Å². The van der Waals surface area contributed by atoms with Crippen LogP contribution in [0.15, 0.2) is 41.3 Å². The molecule has 0 saturated heterocycles. The highest BCUT2D eigenvalue weighted by molar-refractivity contribution is 7.87. The Labute approximate surface area is 146 Å². The molecule has 3 nitrogen and oxygen atoms in total. The lowest BCUT2D eigenvalue weighted by atomic mass is 9.86. The van der Waals surface area contributed by atoms with Crippen LogP contribution in [0.5, 0.6) is 0 Å². The molecule has 0 radical (unpaired) electrons. The number of hydrogen-bond acceptors (Lipinski definition) is 3. The maximum absolute atomic E-state index is 12.9. The van der Waals surface area contributed by atoms with Gasteiger partial charge in [-0.05, 0) is 22.8 Å². The Morgan fingerprint density at radius 3 is 2.33 bits per heavy atom. The summed E-state index contributed by atoms with van der Waals surface area (Å²) in [5.74, 6) is 0. The summed E-state index contributed by atoms with van der Waals surface area (Å²) in [6.45, 7) is 8.45. The zero-order chi connectivity index (χ0) is 17.8. The lowest BCUT2D eigenvalue weighted by molar-refractivity contribution is 0.306. The first-order valence-electron chi connectivity index (χ1n) is 8.69. The molecule has 132 valence electrons. The molecule has 0 bridgehead atoms. The highest BCUT2D eigenvalue weighted by atomic mass is 32.2. The second kappa shape index (κ2) is 7.66. The van der Waals surface area contributed by atoms with Crippen LogP contribution in [0.25, 0.3) is 10.8 Å². The van der Waals surface area contributed by atoms with Gasteiger partial charge in [-0.2, -0.15) is 8.42 Å². The van der Waals surface area contributed by atoms with Gasteiger partial charge in [0.25, 0.3) is 10.1 Å². The summed E-state index contributed by atoms with van der Waals surface area (Å²) in [7, 11) is -3.79. The van der Waals surface area contributed by atoms with E-state index in [0.717, 1.165) is 42.0 Å². The normalized spacial score (nSPS) is 12.7. The van der Waals surface area contributed by atoms with Crippen LogP contribution in [0.3, 0.4) is 0 Å². The predicted octanol–water partition coefficient (Wildman–Crippen LogP) is 5.42. The predicted molar refractivity (Wildman–Crippen MR) is 99.9 cm³/mol. The minimum absolute atomic E-state index is 0.245. The van der Waals surface area contributed by atoms with Gasteiger partial charge < -0.3 is 0 Å². The van der Waals surface area contributed by atoms with E-state index in [-0.39, 0.29) is 12.0 Å². The van der Waals surface area contributed by atoms with E-state index in [9.17, 15) is 8.42 Å². The van der Waals surface area contributed by atoms with E-state index >= 15 is 0 Å². The zero-order valence-electron chi connectivity index (χ0n) is 15.1. The van der Waals surface area contributed by atoms with Crippen LogP contribution < -0.4 is 0 Å². The van der Waals surface area contributed by atoms with Crippen LogP contribution in [-0.4, -0.2) is 15.0 Å².